The minimum atomic E-state index is 0.929. The van der Waals surface area contributed by atoms with Gasteiger partial charge in [-0.1, -0.05) is 12.2 Å². The minimum Gasteiger partial charge on any atom is -0.403 e. The van der Waals surface area contributed by atoms with Gasteiger partial charge in [0.2, 0.25) is 0 Å². The first kappa shape index (κ1) is 9.28. The largest absolute Gasteiger partial charge is 0.403 e. The highest BCUT2D eigenvalue weighted by Crippen LogP contribution is 2.01. The number of hydrogen-bond donors (Lipinski definition) is 1. The first-order valence-electron chi connectivity index (χ1n) is 3.80. The van der Waals surface area contributed by atoms with E-state index in [-0.39, 0.29) is 0 Å². The third kappa shape index (κ3) is 7.28. The summed E-state index contributed by atoms with van der Waals surface area (Å²) in [4.78, 5) is 0. The van der Waals surface area contributed by atoms with Gasteiger partial charge in [0.25, 0.3) is 0 Å². The molecule has 0 radical (unpaired) electrons. The highest BCUT2D eigenvalue weighted by Gasteiger charge is 1.82. The molecule has 0 saturated heterocycles. The molecule has 0 bridgehead atoms. The zero-order chi connectivity index (χ0) is 7.82. The summed E-state index contributed by atoms with van der Waals surface area (Å²) in [5, 5.41) is 0. The Labute approximate surface area is 63.6 Å². The van der Waals surface area contributed by atoms with Crippen LogP contribution in [0.5, 0.6) is 0 Å². The average molecular weight is 139 g/mol. The molecule has 10 heavy (non-hydrogen) atoms. The SMILES string of the molecule is C=CCCCC/C=C(/C)N. The van der Waals surface area contributed by atoms with Crippen molar-refractivity contribution in [2.45, 2.75) is 32.6 Å². The Morgan fingerprint density at radius 1 is 1.40 bits per heavy atom. The molecule has 0 atom stereocenters. The molecule has 0 spiro atoms. The molecule has 0 heterocycles. The summed E-state index contributed by atoms with van der Waals surface area (Å²) < 4.78 is 0. The van der Waals surface area contributed by atoms with Gasteiger partial charge in [0.05, 0.1) is 0 Å². The van der Waals surface area contributed by atoms with Crippen LogP contribution in [0.15, 0.2) is 24.4 Å². The molecule has 0 unspecified atom stereocenters. The summed E-state index contributed by atoms with van der Waals surface area (Å²) in [6.45, 7) is 5.58. The fourth-order valence-corrected chi connectivity index (χ4v) is 0.763. The molecule has 0 rings (SSSR count). The highest BCUT2D eigenvalue weighted by molar-refractivity contribution is 4.90. The lowest BCUT2D eigenvalue weighted by atomic mass is 10.2. The summed E-state index contributed by atoms with van der Waals surface area (Å²) in [6.07, 6.45) is 8.71. The van der Waals surface area contributed by atoms with Crippen LogP contribution in [0.1, 0.15) is 32.6 Å². The van der Waals surface area contributed by atoms with E-state index >= 15 is 0 Å². The van der Waals surface area contributed by atoms with Crippen molar-refractivity contribution in [2.75, 3.05) is 0 Å². The molecule has 0 fully saturated rings. The van der Waals surface area contributed by atoms with Crippen LogP contribution in [0.25, 0.3) is 0 Å². The first-order chi connectivity index (χ1) is 4.77. The lowest BCUT2D eigenvalue weighted by Gasteiger charge is -1.93. The fourth-order valence-electron chi connectivity index (χ4n) is 0.763. The molecule has 0 aromatic carbocycles. The molecule has 58 valence electrons. The molecule has 1 heteroatoms. The quantitative estimate of drug-likeness (QED) is 0.460. The molecule has 0 aliphatic carbocycles. The fraction of sp³-hybridized carbons (Fsp3) is 0.556. The van der Waals surface area contributed by atoms with E-state index in [0.717, 1.165) is 18.5 Å². The second-order valence-corrected chi connectivity index (χ2v) is 2.52. The van der Waals surface area contributed by atoms with Crippen LogP contribution in [0.2, 0.25) is 0 Å². The van der Waals surface area contributed by atoms with Gasteiger partial charge in [-0.05, 0) is 32.6 Å². The Morgan fingerprint density at radius 2 is 2.00 bits per heavy atom. The second-order valence-electron chi connectivity index (χ2n) is 2.52. The molecule has 0 aliphatic rings. The van der Waals surface area contributed by atoms with E-state index in [1.165, 1.54) is 12.8 Å². The maximum Gasteiger partial charge on any atom is 0.000832 e. The number of allylic oxidation sites excluding steroid dienone is 3. The van der Waals surface area contributed by atoms with E-state index in [1.807, 2.05) is 13.0 Å². The summed E-state index contributed by atoms with van der Waals surface area (Å²) in [6, 6.07) is 0. The average Bonchev–Trinajstić information content (AvgIpc) is 1.87. The summed E-state index contributed by atoms with van der Waals surface area (Å²) in [5.74, 6) is 0. The molecular weight excluding hydrogens is 122 g/mol. The van der Waals surface area contributed by atoms with Gasteiger partial charge in [-0.3, -0.25) is 0 Å². The second kappa shape index (κ2) is 6.40. The summed E-state index contributed by atoms with van der Waals surface area (Å²) in [7, 11) is 0. The van der Waals surface area contributed by atoms with Gasteiger partial charge in [0, 0.05) is 5.70 Å². The smallest absolute Gasteiger partial charge is 0.000832 e. The Kier molecular flexibility index (Phi) is 5.94. The maximum atomic E-state index is 5.45. The van der Waals surface area contributed by atoms with Crippen molar-refractivity contribution in [3.05, 3.63) is 24.4 Å². The summed E-state index contributed by atoms with van der Waals surface area (Å²) >= 11 is 0. The molecule has 1 nitrogen and oxygen atoms in total. The lowest BCUT2D eigenvalue weighted by Crippen LogP contribution is -1.89. The number of unbranched alkanes of at least 4 members (excludes halogenated alkanes) is 3. The predicted molar refractivity (Wildman–Crippen MR) is 46.6 cm³/mol. The summed E-state index contributed by atoms with van der Waals surface area (Å²) in [5.41, 5.74) is 6.38. The van der Waals surface area contributed by atoms with Gasteiger partial charge < -0.3 is 5.73 Å². The Morgan fingerprint density at radius 3 is 2.50 bits per heavy atom. The maximum absolute atomic E-state index is 5.45. The van der Waals surface area contributed by atoms with E-state index in [9.17, 15) is 0 Å². The molecule has 0 amide bonds. The molecule has 0 saturated carbocycles. The van der Waals surface area contributed by atoms with Gasteiger partial charge in [0.1, 0.15) is 0 Å². The van der Waals surface area contributed by atoms with Crippen molar-refractivity contribution < 1.29 is 0 Å². The van der Waals surface area contributed by atoms with Crippen LogP contribution < -0.4 is 5.73 Å². The van der Waals surface area contributed by atoms with E-state index < -0.39 is 0 Å². The number of hydrogen-bond acceptors (Lipinski definition) is 1. The zero-order valence-corrected chi connectivity index (χ0v) is 6.77. The topological polar surface area (TPSA) is 26.0 Å². The Bertz CT molecular complexity index is 110. The standard InChI is InChI=1S/C9H17N/c1-3-4-5-6-7-8-9(2)10/h3,8H,1,4-7,10H2,2H3/b9-8-. The van der Waals surface area contributed by atoms with E-state index in [2.05, 4.69) is 12.7 Å². The molecular formula is C9H17N. The third-order valence-corrected chi connectivity index (χ3v) is 1.33. The molecule has 0 aromatic rings. The van der Waals surface area contributed by atoms with Crippen molar-refractivity contribution in [2.24, 2.45) is 5.73 Å². The Hall–Kier alpha value is -0.720. The van der Waals surface area contributed by atoms with Crippen LogP contribution in [0, 0.1) is 0 Å². The monoisotopic (exact) mass is 139 g/mol. The van der Waals surface area contributed by atoms with Crippen molar-refractivity contribution in [1.82, 2.24) is 0 Å². The number of rotatable bonds is 5. The van der Waals surface area contributed by atoms with Crippen molar-refractivity contribution >= 4 is 0 Å². The lowest BCUT2D eigenvalue weighted by molar-refractivity contribution is 0.760. The molecule has 2 N–H and O–H groups in total. The van der Waals surface area contributed by atoms with Gasteiger partial charge in [-0.25, -0.2) is 0 Å². The third-order valence-electron chi connectivity index (χ3n) is 1.33. The van der Waals surface area contributed by atoms with Crippen molar-refractivity contribution in [3.63, 3.8) is 0 Å². The number of nitrogens with two attached hydrogens (primary N) is 1. The van der Waals surface area contributed by atoms with Crippen molar-refractivity contribution in [1.29, 1.82) is 0 Å². The minimum absolute atomic E-state index is 0.929. The highest BCUT2D eigenvalue weighted by atomic mass is 14.5. The zero-order valence-electron chi connectivity index (χ0n) is 6.77. The van der Waals surface area contributed by atoms with Gasteiger partial charge >= 0.3 is 0 Å². The van der Waals surface area contributed by atoms with Crippen LogP contribution in [-0.2, 0) is 0 Å². The van der Waals surface area contributed by atoms with Crippen LogP contribution in [-0.4, -0.2) is 0 Å². The van der Waals surface area contributed by atoms with E-state index in [1.54, 1.807) is 0 Å². The predicted octanol–water partition coefficient (Wildman–Crippen LogP) is 2.60. The molecule has 0 aromatic heterocycles. The molecule has 0 aliphatic heterocycles. The van der Waals surface area contributed by atoms with Gasteiger partial charge in [-0.2, -0.15) is 0 Å². The first-order valence-corrected chi connectivity index (χ1v) is 3.80. The normalized spacial score (nSPS) is 11.5. The van der Waals surface area contributed by atoms with Crippen LogP contribution >= 0.6 is 0 Å². The van der Waals surface area contributed by atoms with Crippen LogP contribution in [0.4, 0.5) is 0 Å². The van der Waals surface area contributed by atoms with E-state index in [0.29, 0.717) is 0 Å². The van der Waals surface area contributed by atoms with Gasteiger partial charge in [0.15, 0.2) is 0 Å². The van der Waals surface area contributed by atoms with Crippen LogP contribution in [0.3, 0.4) is 0 Å². The van der Waals surface area contributed by atoms with Gasteiger partial charge in [-0.15, -0.1) is 6.58 Å². The van der Waals surface area contributed by atoms with Crippen molar-refractivity contribution in [3.8, 4) is 0 Å². The Balaban J connectivity index is 3.05. The van der Waals surface area contributed by atoms with E-state index in [4.69, 9.17) is 5.73 Å².